The number of rotatable bonds is 6. The monoisotopic (exact) mass is 369 g/mol. The molecule has 1 fully saturated rings. The molecule has 3 heterocycles. The molecule has 0 aliphatic carbocycles. The van der Waals surface area contributed by atoms with Crippen molar-refractivity contribution < 1.29 is 9.53 Å². The third kappa shape index (κ3) is 4.95. The summed E-state index contributed by atoms with van der Waals surface area (Å²) >= 11 is 0. The number of anilines is 3. The molecule has 0 atom stereocenters. The maximum atomic E-state index is 12.6. The first-order valence-corrected chi connectivity index (χ1v) is 9.33. The standard InChI is InChI=1S/C20H27N5O2/c1-14(2)23-19-17(5-4-10-21-19)20(26)24-15-6-7-18(22-13-15)25-11-8-16(27-3)9-12-25/h4-7,10,13-14,16H,8-9,11-12H2,1-3H3,(H,21,23)(H,24,26). The lowest BCUT2D eigenvalue weighted by molar-refractivity contribution is 0.0818. The number of pyridine rings is 2. The van der Waals surface area contributed by atoms with Crippen LogP contribution in [0.3, 0.4) is 0 Å². The van der Waals surface area contributed by atoms with Crippen LogP contribution in [-0.4, -0.2) is 48.2 Å². The molecule has 27 heavy (non-hydrogen) atoms. The quantitative estimate of drug-likeness (QED) is 0.814. The van der Waals surface area contributed by atoms with E-state index in [4.69, 9.17) is 4.74 Å². The second-order valence-corrected chi connectivity index (χ2v) is 6.98. The third-order valence-corrected chi connectivity index (χ3v) is 4.58. The summed E-state index contributed by atoms with van der Waals surface area (Å²) in [7, 11) is 1.76. The van der Waals surface area contributed by atoms with Gasteiger partial charge in [0, 0.05) is 32.4 Å². The fraction of sp³-hybridized carbons (Fsp3) is 0.450. The van der Waals surface area contributed by atoms with Crippen molar-refractivity contribution in [2.75, 3.05) is 35.7 Å². The topological polar surface area (TPSA) is 79.4 Å². The molecule has 3 rings (SSSR count). The molecule has 1 aliphatic heterocycles. The zero-order valence-corrected chi connectivity index (χ0v) is 16.1. The van der Waals surface area contributed by atoms with Crippen LogP contribution in [0.2, 0.25) is 0 Å². The van der Waals surface area contributed by atoms with Crippen LogP contribution in [-0.2, 0) is 4.74 Å². The van der Waals surface area contributed by atoms with Crippen molar-refractivity contribution in [3.63, 3.8) is 0 Å². The zero-order chi connectivity index (χ0) is 19.2. The molecule has 0 unspecified atom stereocenters. The van der Waals surface area contributed by atoms with Crippen LogP contribution in [0, 0.1) is 0 Å². The lowest BCUT2D eigenvalue weighted by Gasteiger charge is -2.32. The van der Waals surface area contributed by atoms with Crippen molar-refractivity contribution in [3.05, 3.63) is 42.2 Å². The second-order valence-electron chi connectivity index (χ2n) is 6.98. The average Bonchev–Trinajstić information content (AvgIpc) is 2.68. The normalized spacial score (nSPS) is 15.0. The first-order chi connectivity index (χ1) is 13.1. The molecule has 0 bridgehead atoms. The number of aromatic nitrogens is 2. The lowest BCUT2D eigenvalue weighted by atomic mass is 10.1. The number of nitrogens with zero attached hydrogens (tertiary/aromatic N) is 3. The smallest absolute Gasteiger partial charge is 0.259 e. The fourth-order valence-corrected chi connectivity index (χ4v) is 3.14. The Balaban J connectivity index is 1.64. The Kier molecular flexibility index (Phi) is 6.24. The molecule has 0 saturated carbocycles. The number of hydrogen-bond donors (Lipinski definition) is 2. The van der Waals surface area contributed by atoms with Gasteiger partial charge in [0.05, 0.1) is 23.6 Å². The minimum Gasteiger partial charge on any atom is -0.381 e. The number of hydrogen-bond acceptors (Lipinski definition) is 6. The second kappa shape index (κ2) is 8.81. The van der Waals surface area contributed by atoms with Gasteiger partial charge in [0.25, 0.3) is 5.91 Å². The van der Waals surface area contributed by atoms with Crippen molar-refractivity contribution in [1.82, 2.24) is 9.97 Å². The van der Waals surface area contributed by atoms with Gasteiger partial charge >= 0.3 is 0 Å². The molecule has 7 nitrogen and oxygen atoms in total. The van der Waals surface area contributed by atoms with Crippen LogP contribution in [0.15, 0.2) is 36.7 Å². The number of piperidine rings is 1. The van der Waals surface area contributed by atoms with Crippen LogP contribution < -0.4 is 15.5 Å². The van der Waals surface area contributed by atoms with Crippen molar-refractivity contribution in [2.45, 2.75) is 38.8 Å². The van der Waals surface area contributed by atoms with Gasteiger partial charge in [-0.2, -0.15) is 0 Å². The minimum atomic E-state index is -0.207. The summed E-state index contributed by atoms with van der Waals surface area (Å²) in [5, 5.41) is 6.09. The van der Waals surface area contributed by atoms with E-state index in [2.05, 4.69) is 25.5 Å². The predicted octanol–water partition coefficient (Wildman–Crippen LogP) is 3.16. The summed E-state index contributed by atoms with van der Waals surface area (Å²) < 4.78 is 5.41. The zero-order valence-electron chi connectivity index (χ0n) is 16.1. The van der Waals surface area contributed by atoms with Crippen molar-refractivity contribution in [2.24, 2.45) is 0 Å². The Hall–Kier alpha value is -2.67. The van der Waals surface area contributed by atoms with E-state index in [0.717, 1.165) is 31.7 Å². The van der Waals surface area contributed by atoms with Gasteiger partial charge in [-0.1, -0.05) is 0 Å². The number of amides is 1. The van der Waals surface area contributed by atoms with Gasteiger partial charge in [0.1, 0.15) is 11.6 Å². The molecule has 0 spiro atoms. The maximum absolute atomic E-state index is 12.6. The molecule has 144 valence electrons. The minimum absolute atomic E-state index is 0.189. The number of methoxy groups -OCH3 is 1. The largest absolute Gasteiger partial charge is 0.381 e. The molecule has 0 aromatic carbocycles. The van der Waals surface area contributed by atoms with E-state index in [1.165, 1.54) is 0 Å². The molecule has 7 heteroatoms. The van der Waals surface area contributed by atoms with Crippen molar-refractivity contribution in [1.29, 1.82) is 0 Å². The van der Waals surface area contributed by atoms with E-state index in [1.54, 1.807) is 31.6 Å². The first-order valence-electron chi connectivity index (χ1n) is 9.33. The Labute approximate surface area is 160 Å². The van der Waals surface area contributed by atoms with Crippen LogP contribution in [0.1, 0.15) is 37.0 Å². The Morgan fingerprint density at radius 1 is 1.22 bits per heavy atom. The predicted molar refractivity (Wildman–Crippen MR) is 107 cm³/mol. The van der Waals surface area contributed by atoms with Gasteiger partial charge in [-0.3, -0.25) is 4.79 Å². The fourth-order valence-electron chi connectivity index (χ4n) is 3.14. The first kappa shape index (κ1) is 19.1. The number of carbonyl (C=O) groups excluding carboxylic acids is 1. The summed E-state index contributed by atoms with van der Waals surface area (Å²) in [6.45, 7) is 5.87. The molecule has 0 radical (unpaired) electrons. The number of ether oxygens (including phenoxy) is 1. The van der Waals surface area contributed by atoms with E-state index in [9.17, 15) is 4.79 Å². The summed E-state index contributed by atoms with van der Waals surface area (Å²) in [5.74, 6) is 1.29. The van der Waals surface area contributed by atoms with Gasteiger partial charge in [0.15, 0.2) is 0 Å². The van der Waals surface area contributed by atoms with Crippen LogP contribution in [0.5, 0.6) is 0 Å². The van der Waals surface area contributed by atoms with E-state index in [1.807, 2.05) is 26.0 Å². The van der Waals surface area contributed by atoms with Crippen LogP contribution in [0.4, 0.5) is 17.3 Å². The van der Waals surface area contributed by atoms with Crippen molar-refractivity contribution in [3.8, 4) is 0 Å². The van der Waals surface area contributed by atoms with Crippen LogP contribution >= 0.6 is 0 Å². The van der Waals surface area contributed by atoms with E-state index >= 15 is 0 Å². The average molecular weight is 369 g/mol. The van der Waals surface area contributed by atoms with Crippen LogP contribution in [0.25, 0.3) is 0 Å². The van der Waals surface area contributed by atoms with Gasteiger partial charge in [-0.05, 0) is 51.0 Å². The molecular formula is C20H27N5O2. The van der Waals surface area contributed by atoms with Gasteiger partial charge in [-0.25, -0.2) is 9.97 Å². The third-order valence-electron chi connectivity index (χ3n) is 4.58. The molecule has 1 aliphatic rings. The molecule has 2 aromatic rings. The summed E-state index contributed by atoms with van der Waals surface area (Å²) in [4.78, 5) is 23.6. The highest BCUT2D eigenvalue weighted by Gasteiger charge is 2.20. The highest BCUT2D eigenvalue weighted by molar-refractivity contribution is 6.07. The Morgan fingerprint density at radius 3 is 2.63 bits per heavy atom. The van der Waals surface area contributed by atoms with Gasteiger partial charge < -0.3 is 20.3 Å². The van der Waals surface area contributed by atoms with Gasteiger partial charge in [-0.15, -0.1) is 0 Å². The van der Waals surface area contributed by atoms with E-state index in [-0.39, 0.29) is 11.9 Å². The van der Waals surface area contributed by atoms with E-state index in [0.29, 0.717) is 23.2 Å². The number of nitrogens with one attached hydrogen (secondary N) is 2. The van der Waals surface area contributed by atoms with Gasteiger partial charge in [0.2, 0.25) is 0 Å². The van der Waals surface area contributed by atoms with E-state index < -0.39 is 0 Å². The molecule has 1 amide bonds. The highest BCUT2D eigenvalue weighted by Crippen LogP contribution is 2.21. The maximum Gasteiger partial charge on any atom is 0.259 e. The molecule has 1 saturated heterocycles. The number of carbonyl (C=O) groups is 1. The molecule has 2 aromatic heterocycles. The molecule has 2 N–H and O–H groups in total. The highest BCUT2D eigenvalue weighted by atomic mass is 16.5. The Morgan fingerprint density at radius 2 is 2.00 bits per heavy atom. The summed E-state index contributed by atoms with van der Waals surface area (Å²) in [6, 6.07) is 7.53. The van der Waals surface area contributed by atoms with Crippen molar-refractivity contribution >= 4 is 23.2 Å². The molecular weight excluding hydrogens is 342 g/mol. The summed E-state index contributed by atoms with van der Waals surface area (Å²) in [5.41, 5.74) is 1.17. The lowest BCUT2D eigenvalue weighted by Crippen LogP contribution is -2.37. The SMILES string of the molecule is COC1CCN(c2ccc(NC(=O)c3cccnc3NC(C)C)cn2)CC1. The summed E-state index contributed by atoms with van der Waals surface area (Å²) in [6.07, 6.45) is 5.71. The Bertz CT molecular complexity index is 755.